The van der Waals surface area contributed by atoms with Crippen LogP contribution in [0.3, 0.4) is 0 Å². The minimum Gasteiger partial charge on any atom is -0.0851 e. The van der Waals surface area contributed by atoms with Crippen LogP contribution < -0.4 is 0 Å². The van der Waals surface area contributed by atoms with Crippen LogP contribution in [0.25, 0.3) is 0 Å². The van der Waals surface area contributed by atoms with E-state index in [0.717, 1.165) is 11.8 Å². The fourth-order valence-electron chi connectivity index (χ4n) is 3.67. The highest BCUT2D eigenvalue weighted by atomic mass is 14.5. The zero-order chi connectivity index (χ0) is 10.3. The Hall–Kier alpha value is -1.04. The van der Waals surface area contributed by atoms with E-state index in [1.165, 1.54) is 19.3 Å². The summed E-state index contributed by atoms with van der Waals surface area (Å²) in [6, 6.07) is 11.1. The third-order valence-corrected chi connectivity index (χ3v) is 4.49. The van der Waals surface area contributed by atoms with Gasteiger partial charge in [-0.2, -0.15) is 0 Å². The van der Waals surface area contributed by atoms with Crippen molar-refractivity contribution in [2.24, 2.45) is 11.8 Å². The van der Waals surface area contributed by atoms with Crippen molar-refractivity contribution in [3.63, 3.8) is 0 Å². The minimum absolute atomic E-state index is 0.459. The van der Waals surface area contributed by atoms with Crippen LogP contribution >= 0.6 is 0 Å². The fourth-order valence-corrected chi connectivity index (χ4v) is 3.67. The summed E-state index contributed by atoms with van der Waals surface area (Å²) >= 11 is 0. The van der Waals surface area contributed by atoms with E-state index in [-0.39, 0.29) is 0 Å². The highest BCUT2D eigenvalue weighted by Gasteiger charge is 2.47. The van der Waals surface area contributed by atoms with Gasteiger partial charge in [0.1, 0.15) is 0 Å². The van der Waals surface area contributed by atoms with Crippen LogP contribution in [-0.4, -0.2) is 0 Å². The van der Waals surface area contributed by atoms with Gasteiger partial charge in [-0.1, -0.05) is 49.4 Å². The molecule has 0 heterocycles. The summed E-state index contributed by atoms with van der Waals surface area (Å²) in [5.74, 6) is 1.66. The maximum Gasteiger partial charge on any atom is 0.00189 e. The van der Waals surface area contributed by atoms with E-state index < -0.39 is 0 Å². The second kappa shape index (κ2) is 3.23. The van der Waals surface area contributed by atoms with E-state index >= 15 is 0 Å². The number of rotatable bonds is 2. The molecule has 0 heteroatoms. The van der Waals surface area contributed by atoms with Gasteiger partial charge in [0, 0.05) is 5.41 Å². The standard InChI is InChI=1S/C15H18/c1-2-15(13-6-4-3-5-7-13)11-12-8-9-14(15)10-12/h3-9,12,14H,2,10-11H2,1H3. The van der Waals surface area contributed by atoms with E-state index in [0.29, 0.717) is 5.41 Å². The topological polar surface area (TPSA) is 0 Å². The second-order valence-corrected chi connectivity index (χ2v) is 5.07. The van der Waals surface area contributed by atoms with Gasteiger partial charge in [0.05, 0.1) is 0 Å². The number of allylic oxidation sites excluding steroid dienone is 2. The molecule has 2 aliphatic carbocycles. The molecule has 15 heavy (non-hydrogen) atoms. The predicted molar refractivity (Wildman–Crippen MR) is 63.8 cm³/mol. The van der Waals surface area contributed by atoms with Crippen LogP contribution in [0.2, 0.25) is 0 Å². The lowest BCUT2D eigenvalue weighted by molar-refractivity contribution is 0.344. The molecule has 2 bridgehead atoms. The Labute approximate surface area is 92.0 Å². The maximum absolute atomic E-state index is 2.46. The van der Waals surface area contributed by atoms with E-state index in [1.807, 2.05) is 0 Å². The van der Waals surface area contributed by atoms with Crippen molar-refractivity contribution < 1.29 is 0 Å². The molecule has 3 rings (SSSR count). The Morgan fingerprint density at radius 2 is 2.00 bits per heavy atom. The molecule has 1 fully saturated rings. The third kappa shape index (κ3) is 1.20. The van der Waals surface area contributed by atoms with Crippen molar-refractivity contribution in [3.05, 3.63) is 48.0 Å². The predicted octanol–water partition coefficient (Wildman–Crippen LogP) is 3.93. The maximum atomic E-state index is 2.46. The zero-order valence-electron chi connectivity index (χ0n) is 9.32. The monoisotopic (exact) mass is 198 g/mol. The Balaban J connectivity index is 2.05. The average molecular weight is 198 g/mol. The number of hydrogen-bond donors (Lipinski definition) is 0. The van der Waals surface area contributed by atoms with Gasteiger partial charge in [-0.3, -0.25) is 0 Å². The first kappa shape index (κ1) is 9.21. The molecule has 0 aromatic heterocycles. The van der Waals surface area contributed by atoms with Gasteiger partial charge < -0.3 is 0 Å². The normalized spacial score (nSPS) is 37.4. The quantitative estimate of drug-likeness (QED) is 0.632. The van der Waals surface area contributed by atoms with Crippen LogP contribution in [0.5, 0.6) is 0 Å². The van der Waals surface area contributed by atoms with E-state index in [2.05, 4.69) is 49.4 Å². The van der Waals surface area contributed by atoms with Crippen LogP contribution in [0.15, 0.2) is 42.5 Å². The molecule has 0 saturated heterocycles. The van der Waals surface area contributed by atoms with Crippen molar-refractivity contribution in [1.29, 1.82) is 0 Å². The molecule has 0 N–H and O–H groups in total. The smallest absolute Gasteiger partial charge is 0.00189 e. The molecule has 0 amide bonds. The molecule has 78 valence electrons. The van der Waals surface area contributed by atoms with Crippen LogP contribution in [0.4, 0.5) is 0 Å². The Kier molecular flexibility index (Phi) is 1.98. The molecule has 0 spiro atoms. The van der Waals surface area contributed by atoms with Crippen molar-refractivity contribution in [1.82, 2.24) is 0 Å². The molecule has 0 aliphatic heterocycles. The van der Waals surface area contributed by atoms with Crippen molar-refractivity contribution in [3.8, 4) is 0 Å². The van der Waals surface area contributed by atoms with Crippen molar-refractivity contribution in [2.75, 3.05) is 0 Å². The number of fused-ring (bicyclic) bond motifs is 2. The van der Waals surface area contributed by atoms with Gasteiger partial charge in [-0.05, 0) is 36.7 Å². The largest absolute Gasteiger partial charge is 0.0851 e. The lowest BCUT2D eigenvalue weighted by Gasteiger charge is -2.35. The van der Waals surface area contributed by atoms with Crippen LogP contribution in [-0.2, 0) is 5.41 Å². The first-order chi connectivity index (χ1) is 7.35. The SMILES string of the molecule is CCC1(c2ccccc2)CC2C=CC1C2. The summed E-state index contributed by atoms with van der Waals surface area (Å²) in [5.41, 5.74) is 2.02. The highest BCUT2D eigenvalue weighted by Crippen LogP contribution is 2.55. The molecule has 1 aromatic carbocycles. The van der Waals surface area contributed by atoms with E-state index in [9.17, 15) is 0 Å². The Bertz CT molecular complexity index is 376. The molecule has 3 unspecified atom stereocenters. The van der Waals surface area contributed by atoms with E-state index in [1.54, 1.807) is 5.56 Å². The lowest BCUT2D eigenvalue weighted by Crippen LogP contribution is -2.29. The zero-order valence-corrected chi connectivity index (χ0v) is 9.32. The van der Waals surface area contributed by atoms with Crippen LogP contribution in [0.1, 0.15) is 31.7 Å². The highest BCUT2D eigenvalue weighted by molar-refractivity contribution is 5.33. The Morgan fingerprint density at radius 3 is 2.53 bits per heavy atom. The van der Waals surface area contributed by atoms with Gasteiger partial charge >= 0.3 is 0 Å². The summed E-state index contributed by atoms with van der Waals surface area (Å²) < 4.78 is 0. The molecule has 3 atom stereocenters. The summed E-state index contributed by atoms with van der Waals surface area (Å²) in [6.07, 6.45) is 8.94. The fraction of sp³-hybridized carbons (Fsp3) is 0.467. The summed E-state index contributed by atoms with van der Waals surface area (Å²) in [4.78, 5) is 0. The summed E-state index contributed by atoms with van der Waals surface area (Å²) in [6.45, 7) is 2.35. The molecule has 2 aliphatic rings. The molecule has 0 nitrogen and oxygen atoms in total. The number of benzene rings is 1. The first-order valence-electron chi connectivity index (χ1n) is 6.09. The van der Waals surface area contributed by atoms with Gasteiger partial charge in [0.15, 0.2) is 0 Å². The third-order valence-electron chi connectivity index (χ3n) is 4.49. The van der Waals surface area contributed by atoms with Crippen LogP contribution in [0, 0.1) is 11.8 Å². The molecule has 1 saturated carbocycles. The van der Waals surface area contributed by atoms with Crippen molar-refractivity contribution >= 4 is 0 Å². The van der Waals surface area contributed by atoms with Gasteiger partial charge in [-0.25, -0.2) is 0 Å². The lowest BCUT2D eigenvalue weighted by atomic mass is 9.69. The van der Waals surface area contributed by atoms with Gasteiger partial charge in [0.2, 0.25) is 0 Å². The minimum atomic E-state index is 0.459. The molecular weight excluding hydrogens is 180 g/mol. The van der Waals surface area contributed by atoms with Gasteiger partial charge in [-0.15, -0.1) is 0 Å². The summed E-state index contributed by atoms with van der Waals surface area (Å²) in [7, 11) is 0. The van der Waals surface area contributed by atoms with Gasteiger partial charge in [0.25, 0.3) is 0 Å². The summed E-state index contributed by atoms with van der Waals surface area (Å²) in [5, 5.41) is 0. The second-order valence-electron chi connectivity index (χ2n) is 5.07. The first-order valence-corrected chi connectivity index (χ1v) is 6.09. The molecule has 1 aromatic rings. The number of hydrogen-bond acceptors (Lipinski definition) is 0. The Morgan fingerprint density at radius 1 is 1.20 bits per heavy atom. The molecule has 0 radical (unpaired) electrons. The molecular formula is C15H18. The average Bonchev–Trinajstić information content (AvgIpc) is 2.90. The van der Waals surface area contributed by atoms with Crippen molar-refractivity contribution in [2.45, 2.75) is 31.6 Å². The van der Waals surface area contributed by atoms with E-state index in [4.69, 9.17) is 0 Å².